The molecule has 2 aromatic rings. The van der Waals surface area contributed by atoms with Crippen LogP contribution in [0.4, 0.5) is 4.79 Å². The number of alkyl carbamates (subject to hydrolysis) is 1. The topological polar surface area (TPSA) is 67.4 Å². The Morgan fingerprint density at radius 2 is 2.00 bits per heavy atom. The number of hydrogen-bond acceptors (Lipinski definition) is 5. The molecule has 1 atom stereocenters. The summed E-state index contributed by atoms with van der Waals surface area (Å²) in [6.45, 7) is 2.39. The fourth-order valence-corrected chi connectivity index (χ4v) is 3.67. The van der Waals surface area contributed by atoms with E-state index in [1.165, 1.54) is 4.88 Å². The van der Waals surface area contributed by atoms with Gasteiger partial charge in [0.25, 0.3) is 0 Å². The zero-order chi connectivity index (χ0) is 17.9. The van der Waals surface area contributed by atoms with Gasteiger partial charge >= 0.3 is 6.09 Å². The van der Waals surface area contributed by atoms with Crippen LogP contribution in [0.1, 0.15) is 17.4 Å². The second-order valence-electron chi connectivity index (χ2n) is 5.35. The van der Waals surface area contributed by atoms with Gasteiger partial charge in [0.2, 0.25) is 5.91 Å². The molecule has 25 heavy (non-hydrogen) atoms. The van der Waals surface area contributed by atoms with Gasteiger partial charge in [-0.3, -0.25) is 4.79 Å². The number of nitrogens with one attached hydrogen (secondary N) is 2. The molecule has 5 nitrogen and oxygen atoms in total. The van der Waals surface area contributed by atoms with Crippen LogP contribution < -0.4 is 10.6 Å². The number of thioether (sulfide) groups is 1. The van der Waals surface area contributed by atoms with Gasteiger partial charge in [-0.05, 0) is 23.9 Å². The van der Waals surface area contributed by atoms with Crippen molar-refractivity contribution in [1.82, 2.24) is 10.6 Å². The first-order valence-electron chi connectivity index (χ1n) is 8.00. The first kappa shape index (κ1) is 19.3. The van der Waals surface area contributed by atoms with E-state index >= 15 is 0 Å². The standard InChI is InChI=1S/C18H22N2O3S2/c1-14(20-18(22)23-12-15-6-3-2-4-7-15)17(21)19-9-11-24-13-16-8-5-10-25-16/h2-8,10,14H,9,11-13H2,1H3,(H,19,21)(H,20,22)/t14-/m0/s1. The van der Waals surface area contributed by atoms with E-state index in [0.29, 0.717) is 6.54 Å². The largest absolute Gasteiger partial charge is 0.445 e. The van der Waals surface area contributed by atoms with E-state index in [4.69, 9.17) is 4.74 Å². The molecule has 0 fully saturated rings. The maximum Gasteiger partial charge on any atom is 0.408 e. The van der Waals surface area contributed by atoms with E-state index in [0.717, 1.165) is 17.1 Å². The van der Waals surface area contributed by atoms with Gasteiger partial charge in [0, 0.05) is 22.9 Å². The minimum atomic E-state index is -0.634. The molecular formula is C18H22N2O3S2. The highest BCUT2D eigenvalue weighted by atomic mass is 32.2. The zero-order valence-electron chi connectivity index (χ0n) is 14.1. The lowest BCUT2D eigenvalue weighted by molar-refractivity contribution is -0.122. The fourth-order valence-electron chi connectivity index (χ4n) is 1.97. The summed E-state index contributed by atoms with van der Waals surface area (Å²) < 4.78 is 5.10. The summed E-state index contributed by atoms with van der Waals surface area (Å²) in [5.41, 5.74) is 0.900. The second-order valence-corrected chi connectivity index (χ2v) is 7.49. The lowest BCUT2D eigenvalue weighted by atomic mass is 10.2. The Morgan fingerprint density at radius 1 is 1.20 bits per heavy atom. The second kappa shape index (κ2) is 10.8. The first-order valence-corrected chi connectivity index (χ1v) is 10.0. The fraction of sp³-hybridized carbons (Fsp3) is 0.333. The van der Waals surface area contributed by atoms with Gasteiger partial charge in [-0.1, -0.05) is 36.4 Å². The number of hydrogen-bond donors (Lipinski definition) is 2. The van der Waals surface area contributed by atoms with Crippen molar-refractivity contribution in [3.8, 4) is 0 Å². The number of carbonyl (C=O) groups excluding carboxylic acids is 2. The smallest absolute Gasteiger partial charge is 0.408 e. The quantitative estimate of drug-likeness (QED) is 0.656. The van der Waals surface area contributed by atoms with Crippen LogP contribution in [0.25, 0.3) is 0 Å². The average Bonchev–Trinajstić information content (AvgIpc) is 3.14. The molecular weight excluding hydrogens is 356 g/mol. The van der Waals surface area contributed by atoms with E-state index in [1.807, 2.05) is 36.4 Å². The Hall–Kier alpha value is -1.99. The van der Waals surface area contributed by atoms with Gasteiger partial charge < -0.3 is 15.4 Å². The van der Waals surface area contributed by atoms with Crippen molar-refractivity contribution in [1.29, 1.82) is 0 Å². The van der Waals surface area contributed by atoms with Gasteiger partial charge in [-0.25, -0.2) is 4.79 Å². The monoisotopic (exact) mass is 378 g/mol. The highest BCUT2D eigenvalue weighted by molar-refractivity contribution is 7.98. The summed E-state index contributed by atoms with van der Waals surface area (Å²) in [5.74, 6) is 1.57. The average molecular weight is 379 g/mol. The summed E-state index contributed by atoms with van der Waals surface area (Å²) in [6.07, 6.45) is -0.599. The highest BCUT2D eigenvalue weighted by Crippen LogP contribution is 2.16. The third-order valence-corrected chi connectivity index (χ3v) is 5.38. The van der Waals surface area contributed by atoms with E-state index in [1.54, 1.807) is 30.0 Å². The molecule has 0 radical (unpaired) electrons. The number of benzene rings is 1. The maximum absolute atomic E-state index is 12.0. The molecule has 1 heterocycles. The number of carbonyl (C=O) groups is 2. The minimum absolute atomic E-state index is 0.181. The molecule has 2 N–H and O–H groups in total. The number of rotatable bonds is 9. The van der Waals surface area contributed by atoms with Crippen molar-refractivity contribution >= 4 is 35.1 Å². The molecule has 0 spiro atoms. The molecule has 1 aromatic heterocycles. The van der Waals surface area contributed by atoms with Crippen molar-refractivity contribution in [3.63, 3.8) is 0 Å². The Balaban J connectivity index is 1.56. The Kier molecular flexibility index (Phi) is 8.34. The van der Waals surface area contributed by atoms with Crippen LogP contribution in [-0.4, -0.2) is 30.3 Å². The van der Waals surface area contributed by atoms with Gasteiger partial charge in [0.1, 0.15) is 12.6 Å². The van der Waals surface area contributed by atoms with E-state index in [9.17, 15) is 9.59 Å². The van der Waals surface area contributed by atoms with Gasteiger partial charge in [0.15, 0.2) is 0 Å². The van der Waals surface area contributed by atoms with Crippen LogP contribution in [-0.2, 0) is 21.9 Å². The van der Waals surface area contributed by atoms with Crippen molar-refractivity contribution in [2.24, 2.45) is 0 Å². The van der Waals surface area contributed by atoms with Crippen LogP contribution in [0, 0.1) is 0 Å². The number of amides is 2. The molecule has 0 aliphatic carbocycles. The lowest BCUT2D eigenvalue weighted by Gasteiger charge is -2.14. The lowest BCUT2D eigenvalue weighted by Crippen LogP contribution is -2.45. The summed E-state index contributed by atoms with van der Waals surface area (Å²) in [6, 6.07) is 12.9. The number of ether oxygens (including phenoxy) is 1. The van der Waals surface area contributed by atoms with Gasteiger partial charge in [-0.2, -0.15) is 11.8 Å². The third-order valence-electron chi connectivity index (χ3n) is 3.31. The molecule has 0 aliphatic heterocycles. The molecule has 0 unspecified atom stereocenters. The summed E-state index contributed by atoms with van der Waals surface area (Å²) in [5, 5.41) is 7.41. The SMILES string of the molecule is C[C@H](NC(=O)OCc1ccccc1)C(=O)NCCSCc1cccs1. The van der Waals surface area contributed by atoms with Crippen molar-refractivity contribution in [2.75, 3.05) is 12.3 Å². The summed E-state index contributed by atoms with van der Waals surface area (Å²) >= 11 is 3.50. The summed E-state index contributed by atoms with van der Waals surface area (Å²) in [7, 11) is 0. The Labute approximate surface area is 156 Å². The molecule has 1 aromatic carbocycles. The van der Waals surface area contributed by atoms with Gasteiger partial charge in [-0.15, -0.1) is 11.3 Å². The Morgan fingerprint density at radius 3 is 2.72 bits per heavy atom. The highest BCUT2D eigenvalue weighted by Gasteiger charge is 2.15. The maximum atomic E-state index is 12.0. The normalized spacial score (nSPS) is 11.6. The van der Waals surface area contributed by atoms with E-state index in [2.05, 4.69) is 22.1 Å². The predicted octanol–water partition coefficient (Wildman–Crippen LogP) is 3.41. The molecule has 2 rings (SSSR count). The third kappa shape index (κ3) is 7.62. The van der Waals surface area contributed by atoms with Crippen LogP contribution in [0.2, 0.25) is 0 Å². The molecule has 134 valence electrons. The molecule has 0 saturated heterocycles. The van der Waals surface area contributed by atoms with Crippen LogP contribution in [0.3, 0.4) is 0 Å². The van der Waals surface area contributed by atoms with Crippen LogP contribution >= 0.6 is 23.1 Å². The zero-order valence-corrected chi connectivity index (χ0v) is 15.7. The Bertz CT molecular complexity index is 648. The van der Waals surface area contributed by atoms with Crippen LogP contribution in [0.15, 0.2) is 47.8 Å². The first-order chi connectivity index (χ1) is 12.1. The van der Waals surface area contributed by atoms with Crippen LogP contribution in [0.5, 0.6) is 0 Å². The number of thiophene rings is 1. The summed E-state index contributed by atoms with van der Waals surface area (Å²) in [4.78, 5) is 25.0. The molecule has 0 bridgehead atoms. The van der Waals surface area contributed by atoms with Crippen molar-refractivity contribution < 1.29 is 14.3 Å². The van der Waals surface area contributed by atoms with Crippen molar-refractivity contribution in [2.45, 2.75) is 25.3 Å². The molecule has 7 heteroatoms. The minimum Gasteiger partial charge on any atom is -0.445 e. The van der Waals surface area contributed by atoms with Crippen molar-refractivity contribution in [3.05, 3.63) is 58.3 Å². The van der Waals surface area contributed by atoms with E-state index in [-0.39, 0.29) is 12.5 Å². The molecule has 2 amide bonds. The van der Waals surface area contributed by atoms with Gasteiger partial charge in [0.05, 0.1) is 0 Å². The van der Waals surface area contributed by atoms with E-state index < -0.39 is 12.1 Å². The predicted molar refractivity (Wildman–Crippen MR) is 103 cm³/mol. The molecule has 0 saturated carbocycles. The molecule has 0 aliphatic rings.